The first-order chi connectivity index (χ1) is 15.3. The average molecular weight is 428 g/mol. The van der Waals surface area contributed by atoms with Gasteiger partial charge in [0.1, 0.15) is 24.5 Å². The van der Waals surface area contributed by atoms with Crippen molar-refractivity contribution in [1.82, 2.24) is 19.5 Å². The van der Waals surface area contributed by atoms with Gasteiger partial charge in [-0.1, -0.05) is 17.7 Å². The van der Waals surface area contributed by atoms with Crippen LogP contribution in [0.3, 0.4) is 0 Å². The molecule has 0 aliphatic carbocycles. The number of nitrogens with one attached hydrogen (secondary N) is 1. The third kappa shape index (κ3) is 4.20. The first kappa shape index (κ1) is 19.1. The van der Waals surface area contributed by atoms with Gasteiger partial charge in [0.25, 0.3) is 0 Å². The van der Waals surface area contributed by atoms with Crippen molar-refractivity contribution in [3.05, 3.63) is 102 Å². The van der Waals surface area contributed by atoms with Crippen LogP contribution in [0.15, 0.2) is 91.6 Å². The lowest BCUT2D eigenvalue weighted by atomic mass is 10.2. The van der Waals surface area contributed by atoms with Gasteiger partial charge in [-0.25, -0.2) is 9.97 Å². The number of nitrogens with zero attached hydrogens (tertiary/aromatic N) is 4. The summed E-state index contributed by atoms with van der Waals surface area (Å²) in [6.07, 6.45) is 7.29. The van der Waals surface area contributed by atoms with Crippen molar-refractivity contribution in [2.75, 3.05) is 5.32 Å². The largest absolute Gasteiger partial charge is 0.486 e. The highest BCUT2D eigenvalue weighted by Gasteiger charge is 2.09. The molecule has 6 nitrogen and oxygen atoms in total. The van der Waals surface area contributed by atoms with E-state index in [1.807, 2.05) is 77.6 Å². The van der Waals surface area contributed by atoms with Gasteiger partial charge in [0, 0.05) is 35.4 Å². The molecule has 0 bridgehead atoms. The molecule has 5 rings (SSSR count). The summed E-state index contributed by atoms with van der Waals surface area (Å²) in [5, 5.41) is 4.77. The molecular formula is C24H18ClN5O. The van der Waals surface area contributed by atoms with Crippen LogP contribution in [0.5, 0.6) is 5.75 Å². The number of pyridine rings is 1. The van der Waals surface area contributed by atoms with Gasteiger partial charge in [0.2, 0.25) is 0 Å². The minimum atomic E-state index is 0.353. The quantitative estimate of drug-likeness (QED) is 0.371. The number of rotatable bonds is 6. The summed E-state index contributed by atoms with van der Waals surface area (Å²) in [6.45, 7) is 0.353. The van der Waals surface area contributed by atoms with Gasteiger partial charge in [0.15, 0.2) is 0 Å². The fraction of sp³-hybridized carbons (Fsp3) is 0.0417. The number of hydrogen-bond acceptors (Lipinski definition) is 5. The molecule has 0 radical (unpaired) electrons. The van der Waals surface area contributed by atoms with Crippen molar-refractivity contribution in [2.45, 2.75) is 6.61 Å². The Balaban J connectivity index is 1.39. The summed E-state index contributed by atoms with van der Waals surface area (Å²) in [4.78, 5) is 13.1. The zero-order valence-electron chi connectivity index (χ0n) is 16.4. The third-order valence-electron chi connectivity index (χ3n) is 4.82. The zero-order valence-corrected chi connectivity index (χ0v) is 17.2. The summed E-state index contributed by atoms with van der Waals surface area (Å²) in [6, 6.07) is 21.3. The van der Waals surface area contributed by atoms with Crippen LogP contribution in [-0.2, 0) is 6.61 Å². The molecule has 3 heterocycles. The van der Waals surface area contributed by atoms with Gasteiger partial charge in [0.05, 0.1) is 16.2 Å². The first-order valence-electron chi connectivity index (χ1n) is 9.74. The first-order valence-corrected chi connectivity index (χ1v) is 10.1. The van der Waals surface area contributed by atoms with Crippen LogP contribution < -0.4 is 10.1 Å². The molecule has 7 heteroatoms. The van der Waals surface area contributed by atoms with E-state index < -0.39 is 0 Å². The Morgan fingerprint density at radius 1 is 0.903 bits per heavy atom. The Morgan fingerprint density at radius 3 is 2.61 bits per heavy atom. The molecule has 0 fully saturated rings. The number of anilines is 2. The summed E-state index contributed by atoms with van der Waals surface area (Å²) in [5.74, 6) is 1.30. The average Bonchev–Trinajstić information content (AvgIpc) is 3.34. The standard InChI is InChI=1S/C24H18ClN5O/c25-21-13-17(6-9-23(21)31-15-18-5-1-2-10-26-18)29-24-20-14-19(30-11-3-4-12-30)7-8-22(20)27-16-28-24/h1-14,16H,15H2,(H,27,28,29). The van der Waals surface area contributed by atoms with Crippen molar-refractivity contribution in [1.29, 1.82) is 0 Å². The number of hydrogen-bond donors (Lipinski definition) is 1. The third-order valence-corrected chi connectivity index (χ3v) is 5.11. The second-order valence-corrected chi connectivity index (χ2v) is 7.30. The lowest BCUT2D eigenvalue weighted by Gasteiger charge is -2.12. The van der Waals surface area contributed by atoms with Gasteiger partial charge >= 0.3 is 0 Å². The molecule has 0 atom stereocenters. The monoisotopic (exact) mass is 427 g/mol. The lowest BCUT2D eigenvalue weighted by molar-refractivity contribution is 0.301. The predicted molar refractivity (Wildman–Crippen MR) is 122 cm³/mol. The normalized spacial score (nSPS) is 10.9. The summed E-state index contributed by atoms with van der Waals surface area (Å²) in [7, 11) is 0. The fourth-order valence-electron chi connectivity index (χ4n) is 3.28. The van der Waals surface area contributed by atoms with E-state index in [-0.39, 0.29) is 0 Å². The molecule has 0 aliphatic rings. The molecule has 31 heavy (non-hydrogen) atoms. The van der Waals surface area contributed by atoms with E-state index in [4.69, 9.17) is 16.3 Å². The minimum Gasteiger partial charge on any atom is -0.486 e. The van der Waals surface area contributed by atoms with Crippen LogP contribution in [0.4, 0.5) is 11.5 Å². The van der Waals surface area contributed by atoms with E-state index in [0.29, 0.717) is 23.2 Å². The second-order valence-electron chi connectivity index (χ2n) is 6.89. The van der Waals surface area contributed by atoms with Gasteiger partial charge in [-0.15, -0.1) is 0 Å². The minimum absolute atomic E-state index is 0.353. The molecule has 5 aromatic rings. The smallest absolute Gasteiger partial charge is 0.141 e. The number of halogens is 1. The second kappa shape index (κ2) is 8.45. The summed E-state index contributed by atoms with van der Waals surface area (Å²) >= 11 is 6.45. The Kier molecular flexibility index (Phi) is 5.21. The maximum absolute atomic E-state index is 6.45. The highest BCUT2D eigenvalue weighted by molar-refractivity contribution is 6.32. The van der Waals surface area contributed by atoms with E-state index in [0.717, 1.165) is 28.0 Å². The van der Waals surface area contributed by atoms with Gasteiger partial charge in [-0.05, 0) is 60.7 Å². The molecule has 0 saturated heterocycles. The van der Waals surface area contributed by atoms with Gasteiger partial charge < -0.3 is 14.6 Å². The maximum Gasteiger partial charge on any atom is 0.141 e. The number of benzene rings is 2. The summed E-state index contributed by atoms with van der Waals surface area (Å²) in [5.41, 5.74) is 3.54. The summed E-state index contributed by atoms with van der Waals surface area (Å²) < 4.78 is 7.85. The van der Waals surface area contributed by atoms with Gasteiger partial charge in [-0.3, -0.25) is 4.98 Å². The van der Waals surface area contributed by atoms with Crippen LogP contribution in [0, 0.1) is 0 Å². The zero-order chi connectivity index (χ0) is 21.0. The van der Waals surface area contributed by atoms with E-state index in [9.17, 15) is 0 Å². The van der Waals surface area contributed by atoms with Crippen LogP contribution in [0.25, 0.3) is 16.6 Å². The molecule has 0 aliphatic heterocycles. The molecule has 152 valence electrons. The Bertz CT molecular complexity index is 1320. The Labute approximate surface area is 184 Å². The highest BCUT2D eigenvalue weighted by atomic mass is 35.5. The predicted octanol–water partition coefficient (Wildman–Crippen LogP) is 5.79. The van der Waals surface area contributed by atoms with Crippen molar-refractivity contribution >= 4 is 34.0 Å². The highest BCUT2D eigenvalue weighted by Crippen LogP contribution is 2.31. The molecule has 2 aromatic carbocycles. The van der Waals surface area contributed by atoms with Crippen LogP contribution in [0.1, 0.15) is 5.69 Å². The molecule has 0 unspecified atom stereocenters. The SMILES string of the molecule is Clc1cc(Nc2ncnc3ccc(-n4cccc4)cc23)ccc1OCc1ccccn1. The lowest BCUT2D eigenvalue weighted by Crippen LogP contribution is -2.00. The number of aromatic nitrogens is 4. The Morgan fingerprint density at radius 2 is 1.81 bits per heavy atom. The number of ether oxygens (including phenoxy) is 1. The van der Waals surface area contributed by atoms with Crippen molar-refractivity contribution in [2.24, 2.45) is 0 Å². The van der Waals surface area contributed by atoms with Crippen molar-refractivity contribution < 1.29 is 4.74 Å². The van der Waals surface area contributed by atoms with Crippen LogP contribution >= 0.6 is 11.6 Å². The molecule has 0 spiro atoms. The number of fused-ring (bicyclic) bond motifs is 1. The van der Waals surface area contributed by atoms with E-state index in [1.54, 1.807) is 12.5 Å². The molecular weight excluding hydrogens is 410 g/mol. The van der Waals surface area contributed by atoms with E-state index >= 15 is 0 Å². The van der Waals surface area contributed by atoms with Crippen molar-refractivity contribution in [3.8, 4) is 11.4 Å². The molecule has 1 N–H and O–H groups in total. The van der Waals surface area contributed by atoms with E-state index in [2.05, 4.69) is 26.3 Å². The molecule has 3 aromatic heterocycles. The van der Waals surface area contributed by atoms with Crippen molar-refractivity contribution in [3.63, 3.8) is 0 Å². The van der Waals surface area contributed by atoms with Crippen LogP contribution in [0.2, 0.25) is 5.02 Å². The topological polar surface area (TPSA) is 64.9 Å². The Hall–Kier alpha value is -3.90. The molecule has 0 amide bonds. The van der Waals surface area contributed by atoms with E-state index in [1.165, 1.54) is 0 Å². The van der Waals surface area contributed by atoms with Crippen LogP contribution in [-0.4, -0.2) is 19.5 Å². The van der Waals surface area contributed by atoms with Gasteiger partial charge in [-0.2, -0.15) is 0 Å². The fourth-order valence-corrected chi connectivity index (χ4v) is 3.51. The maximum atomic E-state index is 6.45. The molecule has 0 saturated carbocycles.